The van der Waals surface area contributed by atoms with Crippen LogP contribution in [0.1, 0.15) is 24.2 Å². The van der Waals surface area contributed by atoms with Gasteiger partial charge in [-0.05, 0) is 32.0 Å². The lowest BCUT2D eigenvalue weighted by Crippen LogP contribution is -2.33. The Morgan fingerprint density at radius 3 is 2.60 bits per heavy atom. The number of hydrogen-bond acceptors (Lipinski definition) is 2. The van der Waals surface area contributed by atoms with Crippen LogP contribution in [-0.4, -0.2) is 23.9 Å². The Bertz CT molecular complexity index is 377. The third-order valence-corrected chi connectivity index (χ3v) is 2.58. The zero-order chi connectivity index (χ0) is 11.6. The lowest BCUT2D eigenvalue weighted by atomic mass is 10.1. The standard InChI is InChI=1S/C11H15ClN2O/c1-7(2)14(3)11(15)9-6-8(12)4-5-10(9)13/h4-7H,13H2,1-3H3. The second-order valence-corrected chi connectivity index (χ2v) is 4.18. The van der Waals surface area contributed by atoms with E-state index in [1.807, 2.05) is 13.8 Å². The maximum absolute atomic E-state index is 11.9. The van der Waals surface area contributed by atoms with E-state index in [0.717, 1.165) is 0 Å². The van der Waals surface area contributed by atoms with E-state index >= 15 is 0 Å². The van der Waals surface area contributed by atoms with Crippen LogP contribution >= 0.6 is 11.6 Å². The summed E-state index contributed by atoms with van der Waals surface area (Å²) in [5.41, 5.74) is 6.63. The van der Waals surface area contributed by atoms with Crippen LogP contribution in [-0.2, 0) is 0 Å². The maximum atomic E-state index is 11.9. The van der Waals surface area contributed by atoms with E-state index in [9.17, 15) is 4.79 Å². The van der Waals surface area contributed by atoms with Gasteiger partial charge in [-0.15, -0.1) is 0 Å². The molecule has 3 nitrogen and oxygen atoms in total. The highest BCUT2D eigenvalue weighted by molar-refractivity contribution is 6.31. The van der Waals surface area contributed by atoms with Crippen LogP contribution in [0.5, 0.6) is 0 Å². The van der Waals surface area contributed by atoms with Gasteiger partial charge < -0.3 is 10.6 Å². The van der Waals surface area contributed by atoms with Gasteiger partial charge in [0.2, 0.25) is 0 Å². The average Bonchev–Trinajstić information content (AvgIpc) is 2.19. The fourth-order valence-corrected chi connectivity index (χ4v) is 1.31. The number of benzene rings is 1. The van der Waals surface area contributed by atoms with Gasteiger partial charge in [-0.3, -0.25) is 4.79 Å². The molecule has 0 fully saturated rings. The van der Waals surface area contributed by atoms with E-state index in [0.29, 0.717) is 16.3 Å². The molecule has 1 aromatic rings. The molecule has 1 aromatic carbocycles. The lowest BCUT2D eigenvalue weighted by molar-refractivity contribution is 0.0756. The zero-order valence-electron chi connectivity index (χ0n) is 9.12. The van der Waals surface area contributed by atoms with E-state index in [1.165, 1.54) is 0 Å². The van der Waals surface area contributed by atoms with Crippen molar-refractivity contribution in [3.63, 3.8) is 0 Å². The number of nitrogens with two attached hydrogens (primary N) is 1. The first-order chi connectivity index (χ1) is 6.93. The third-order valence-electron chi connectivity index (χ3n) is 2.34. The van der Waals surface area contributed by atoms with Gasteiger partial charge >= 0.3 is 0 Å². The molecule has 0 bridgehead atoms. The summed E-state index contributed by atoms with van der Waals surface area (Å²) in [6.07, 6.45) is 0. The van der Waals surface area contributed by atoms with Gasteiger partial charge in [-0.1, -0.05) is 11.6 Å². The van der Waals surface area contributed by atoms with Gasteiger partial charge in [0.25, 0.3) is 5.91 Å². The first-order valence-electron chi connectivity index (χ1n) is 4.75. The minimum absolute atomic E-state index is 0.106. The molecule has 0 saturated carbocycles. The van der Waals surface area contributed by atoms with E-state index in [4.69, 9.17) is 17.3 Å². The molecule has 0 spiro atoms. The highest BCUT2D eigenvalue weighted by atomic mass is 35.5. The SMILES string of the molecule is CC(C)N(C)C(=O)c1cc(Cl)ccc1N. The normalized spacial score (nSPS) is 10.5. The van der Waals surface area contributed by atoms with Crippen LogP contribution in [0.15, 0.2) is 18.2 Å². The number of halogens is 1. The first-order valence-corrected chi connectivity index (χ1v) is 5.13. The highest BCUT2D eigenvalue weighted by Gasteiger charge is 2.16. The summed E-state index contributed by atoms with van der Waals surface area (Å²) in [5, 5.41) is 0.518. The van der Waals surface area contributed by atoms with Gasteiger partial charge in [-0.25, -0.2) is 0 Å². The van der Waals surface area contributed by atoms with Crippen molar-refractivity contribution in [3.05, 3.63) is 28.8 Å². The maximum Gasteiger partial charge on any atom is 0.255 e. The van der Waals surface area contributed by atoms with Crippen molar-refractivity contribution in [3.8, 4) is 0 Å². The van der Waals surface area contributed by atoms with Gasteiger partial charge in [0, 0.05) is 23.8 Å². The number of nitrogens with zero attached hydrogens (tertiary/aromatic N) is 1. The van der Waals surface area contributed by atoms with Crippen molar-refractivity contribution in [2.24, 2.45) is 0 Å². The van der Waals surface area contributed by atoms with Crippen LogP contribution < -0.4 is 5.73 Å². The predicted octanol–water partition coefficient (Wildman–Crippen LogP) is 2.40. The fraction of sp³-hybridized carbons (Fsp3) is 0.364. The third kappa shape index (κ3) is 2.63. The molecule has 82 valence electrons. The summed E-state index contributed by atoms with van der Waals surface area (Å²) in [6.45, 7) is 3.89. The minimum Gasteiger partial charge on any atom is -0.398 e. The quantitative estimate of drug-likeness (QED) is 0.788. The van der Waals surface area contributed by atoms with Crippen molar-refractivity contribution in [1.29, 1.82) is 0 Å². The molecular weight excluding hydrogens is 212 g/mol. The smallest absolute Gasteiger partial charge is 0.255 e. The topological polar surface area (TPSA) is 46.3 Å². The number of carbonyl (C=O) groups is 1. The van der Waals surface area contributed by atoms with Gasteiger partial charge in [-0.2, -0.15) is 0 Å². The van der Waals surface area contributed by atoms with Crippen molar-refractivity contribution >= 4 is 23.2 Å². The summed E-state index contributed by atoms with van der Waals surface area (Å²) < 4.78 is 0. The Kier molecular flexibility index (Phi) is 3.58. The lowest BCUT2D eigenvalue weighted by Gasteiger charge is -2.22. The minimum atomic E-state index is -0.106. The summed E-state index contributed by atoms with van der Waals surface area (Å²) in [4.78, 5) is 13.6. The molecular formula is C11H15ClN2O. The number of carbonyl (C=O) groups excluding carboxylic acids is 1. The van der Waals surface area contributed by atoms with E-state index in [-0.39, 0.29) is 11.9 Å². The molecule has 0 aliphatic rings. The van der Waals surface area contributed by atoms with Crippen LogP contribution in [0, 0.1) is 0 Å². The van der Waals surface area contributed by atoms with E-state index in [1.54, 1.807) is 30.1 Å². The molecule has 2 N–H and O–H groups in total. The molecule has 0 heterocycles. The van der Waals surface area contributed by atoms with Crippen molar-refractivity contribution in [2.75, 3.05) is 12.8 Å². The number of nitrogen functional groups attached to an aromatic ring is 1. The van der Waals surface area contributed by atoms with E-state index < -0.39 is 0 Å². The van der Waals surface area contributed by atoms with Crippen molar-refractivity contribution in [2.45, 2.75) is 19.9 Å². The second-order valence-electron chi connectivity index (χ2n) is 3.74. The van der Waals surface area contributed by atoms with Gasteiger partial charge in [0.1, 0.15) is 0 Å². The highest BCUT2D eigenvalue weighted by Crippen LogP contribution is 2.19. The molecule has 0 radical (unpaired) electrons. The molecule has 0 aromatic heterocycles. The number of rotatable bonds is 2. The van der Waals surface area contributed by atoms with Crippen LogP contribution in [0.2, 0.25) is 5.02 Å². The predicted molar refractivity (Wildman–Crippen MR) is 63.1 cm³/mol. The summed E-state index contributed by atoms with van der Waals surface area (Å²) in [6, 6.07) is 5.04. The zero-order valence-corrected chi connectivity index (χ0v) is 9.88. The van der Waals surface area contributed by atoms with E-state index in [2.05, 4.69) is 0 Å². The Hall–Kier alpha value is -1.22. The van der Waals surface area contributed by atoms with Gasteiger partial charge in [0.05, 0.1) is 5.56 Å². The van der Waals surface area contributed by atoms with Gasteiger partial charge in [0.15, 0.2) is 0 Å². The second kappa shape index (κ2) is 4.53. The largest absolute Gasteiger partial charge is 0.398 e. The average molecular weight is 227 g/mol. The molecule has 4 heteroatoms. The van der Waals surface area contributed by atoms with Crippen LogP contribution in [0.25, 0.3) is 0 Å². The Balaban J connectivity index is 3.05. The van der Waals surface area contributed by atoms with Crippen LogP contribution in [0.4, 0.5) is 5.69 Å². The Morgan fingerprint density at radius 1 is 1.47 bits per heavy atom. The van der Waals surface area contributed by atoms with Crippen molar-refractivity contribution in [1.82, 2.24) is 4.90 Å². The fourth-order valence-electron chi connectivity index (χ4n) is 1.14. The number of hydrogen-bond donors (Lipinski definition) is 1. The summed E-state index contributed by atoms with van der Waals surface area (Å²) in [5.74, 6) is -0.106. The molecule has 0 saturated heterocycles. The Morgan fingerprint density at radius 2 is 2.07 bits per heavy atom. The molecule has 1 rings (SSSR count). The van der Waals surface area contributed by atoms with Crippen molar-refractivity contribution < 1.29 is 4.79 Å². The summed E-state index contributed by atoms with van der Waals surface area (Å²) in [7, 11) is 1.74. The summed E-state index contributed by atoms with van der Waals surface area (Å²) >= 11 is 5.82. The molecule has 0 unspecified atom stereocenters. The Labute approximate surface area is 94.8 Å². The molecule has 0 aliphatic carbocycles. The molecule has 15 heavy (non-hydrogen) atoms. The van der Waals surface area contributed by atoms with Crippen LogP contribution in [0.3, 0.4) is 0 Å². The number of anilines is 1. The molecule has 0 atom stereocenters. The first kappa shape index (κ1) is 11.9. The monoisotopic (exact) mass is 226 g/mol. The molecule has 1 amide bonds. The number of amides is 1. The molecule has 0 aliphatic heterocycles.